The first kappa shape index (κ1) is 62.8. The molecule has 6 aromatic heterocycles. The number of fused-ring (bicyclic) bond motifs is 6. The highest BCUT2D eigenvalue weighted by Crippen LogP contribution is 2.42. The fraction of sp³-hybridized carbons (Fsp3) is 0.469. The summed E-state index contributed by atoms with van der Waals surface area (Å²) in [7, 11) is 1.62. The molecule has 0 N–H and O–H groups in total. The fourth-order valence-electron chi connectivity index (χ4n) is 10.7. The van der Waals surface area contributed by atoms with E-state index in [1.807, 2.05) is 82.3 Å². The van der Waals surface area contributed by atoms with Gasteiger partial charge in [0, 0.05) is 89.4 Å². The maximum absolute atomic E-state index is 14.4. The van der Waals surface area contributed by atoms with Crippen LogP contribution in [0.3, 0.4) is 0 Å². The second kappa shape index (κ2) is 30.6. The molecule has 0 amide bonds. The first-order valence-electron chi connectivity index (χ1n) is 29.3. The molecule has 0 unspecified atom stereocenters. The predicted octanol–water partition coefficient (Wildman–Crippen LogP) is 11.4. The number of rotatable bonds is 35. The number of carbonyl (C=O) groups excluding carboxylic acids is 2. The number of unbranched alkanes of at least 4 members (excludes halogenated alkanes) is 2. The fourth-order valence-corrected chi connectivity index (χ4v) is 12.0. The minimum Gasteiger partial charge on any atom is -0.496 e. The lowest BCUT2D eigenvalue weighted by molar-refractivity contribution is -0.120. The summed E-state index contributed by atoms with van der Waals surface area (Å²) in [4.78, 5) is 57.0. The lowest BCUT2D eigenvalue weighted by Gasteiger charge is -2.15. The first-order chi connectivity index (χ1) is 41.3. The summed E-state index contributed by atoms with van der Waals surface area (Å²) in [5.41, 5.74) is 8.99. The molecular weight excluding hydrogens is 1120 g/mol. The first-order valence-corrected chi connectivity index (χ1v) is 30.5. The number of benzene rings is 2. The summed E-state index contributed by atoms with van der Waals surface area (Å²) in [5.74, 6) is 2.82. The van der Waals surface area contributed by atoms with Crippen LogP contribution in [-0.2, 0) is 44.6 Å². The van der Waals surface area contributed by atoms with E-state index in [1.54, 1.807) is 41.7 Å². The Balaban J connectivity index is 0.584. The van der Waals surface area contributed by atoms with Crippen LogP contribution in [0, 0.1) is 34.6 Å². The summed E-state index contributed by atoms with van der Waals surface area (Å²) < 4.78 is 51.3. The van der Waals surface area contributed by atoms with Gasteiger partial charge in [0.1, 0.15) is 34.2 Å². The molecule has 2 atom stereocenters. The zero-order chi connectivity index (χ0) is 59.8. The van der Waals surface area contributed by atoms with Crippen LogP contribution in [0.25, 0.3) is 38.1 Å². The van der Waals surface area contributed by atoms with Gasteiger partial charge in [-0.25, -0.2) is 4.79 Å². The number of nitrogens with zero attached hydrogens (tertiary/aromatic N) is 8. The van der Waals surface area contributed by atoms with Gasteiger partial charge in [0.2, 0.25) is 0 Å². The molecule has 1 aliphatic heterocycles. The number of hydrogen-bond donors (Lipinski definition) is 0. The molecular formula is C64H77ClN8O11S. The summed E-state index contributed by atoms with van der Waals surface area (Å²) >= 11 is 7.94. The van der Waals surface area contributed by atoms with Gasteiger partial charge < -0.3 is 37.6 Å². The number of furan rings is 1. The Labute approximate surface area is 504 Å². The van der Waals surface area contributed by atoms with E-state index in [2.05, 4.69) is 33.6 Å². The van der Waals surface area contributed by atoms with Crippen LogP contribution in [-0.4, -0.2) is 138 Å². The largest absolute Gasteiger partial charge is 0.496 e. The molecule has 8 aromatic rings. The lowest BCUT2D eigenvalue weighted by atomic mass is 9.99. The Morgan fingerprint density at radius 2 is 1.38 bits per heavy atom. The number of halogens is 1. The summed E-state index contributed by atoms with van der Waals surface area (Å²) in [6, 6.07) is 16.3. The normalized spacial score (nSPS) is 13.6. The monoisotopic (exact) mass is 1200 g/mol. The van der Waals surface area contributed by atoms with Crippen LogP contribution in [0.1, 0.15) is 121 Å². The van der Waals surface area contributed by atoms with Crippen molar-refractivity contribution >= 4 is 62.2 Å². The van der Waals surface area contributed by atoms with E-state index in [9.17, 15) is 14.4 Å². The van der Waals surface area contributed by atoms with Crippen molar-refractivity contribution in [3.8, 4) is 21.9 Å². The molecule has 2 aromatic carbocycles. The third kappa shape index (κ3) is 15.5. The van der Waals surface area contributed by atoms with Gasteiger partial charge in [0.25, 0.3) is 0 Å². The zero-order valence-corrected chi connectivity index (χ0v) is 51.4. The molecule has 452 valence electrons. The van der Waals surface area contributed by atoms with E-state index in [0.29, 0.717) is 137 Å². The average Bonchev–Trinajstić information content (AvgIpc) is 2.01. The predicted molar refractivity (Wildman–Crippen MR) is 328 cm³/mol. The number of imidazole rings is 1. The summed E-state index contributed by atoms with van der Waals surface area (Å²) in [5, 5.41) is 11.3. The van der Waals surface area contributed by atoms with Crippen molar-refractivity contribution in [2.75, 3.05) is 86.4 Å². The Kier molecular flexibility index (Phi) is 22.6. The second-order valence-corrected chi connectivity index (χ2v) is 22.8. The molecule has 0 saturated carbocycles. The summed E-state index contributed by atoms with van der Waals surface area (Å²) in [6.45, 7) is 17.7. The Bertz CT molecular complexity index is 3610. The molecule has 0 fully saturated rings. The third-order valence-corrected chi connectivity index (χ3v) is 16.7. The SMILES string of the molecule is COc1cc2c(cc1-c1c(C)coc1C)ncc1c2n([C@H](C)c2ccccn2)c(=O)n1CC(=O)CCCOCCOCCCCCOCCOCCOCCOCCCC(=O)C[C@@H]1N=C(c2ccc(Cl)cc2)c2c(sc(C)c2C)-n2c(C)nnc21. The van der Waals surface area contributed by atoms with Gasteiger partial charge in [0.05, 0.1) is 113 Å². The van der Waals surface area contributed by atoms with Crippen molar-refractivity contribution in [2.45, 2.75) is 112 Å². The molecule has 1 aliphatic rings. The highest BCUT2D eigenvalue weighted by atomic mass is 35.5. The van der Waals surface area contributed by atoms with Crippen LogP contribution < -0.4 is 10.4 Å². The van der Waals surface area contributed by atoms with Gasteiger partial charge in [-0.2, -0.15) is 0 Å². The number of thiophene rings is 1. The van der Waals surface area contributed by atoms with Crippen molar-refractivity contribution < 1.29 is 47.2 Å². The van der Waals surface area contributed by atoms with Gasteiger partial charge >= 0.3 is 5.69 Å². The smallest absolute Gasteiger partial charge is 0.330 e. The lowest BCUT2D eigenvalue weighted by Crippen LogP contribution is -2.29. The minimum atomic E-state index is -0.482. The van der Waals surface area contributed by atoms with Gasteiger partial charge in [-0.05, 0) is 121 Å². The standard InChI is InChI=1S/C64H77ClN8O11S/c1-41-40-84-44(4)58(41)52-36-54-51(37-57(52)77-7)61-56(38-67-54)71(64(76)72(61)43(3)53-17-9-10-22-66-53)39-50(75)16-14-26-81-28-27-78-23-11-8-12-24-79-29-31-82-33-34-83-32-30-80-25-13-15-49(74)35-55-62-70-69-46(6)73(62)63-59(42(2)45(5)85-63)60(68-55)47-18-20-48(65)21-19-47/h9-10,17-22,36-38,40,43,55H,8,11-16,23-35,39H2,1-7H3/t43-,55+/m1/s1. The number of hydrogen-bond acceptors (Lipinski definition) is 17. The van der Waals surface area contributed by atoms with Crippen LogP contribution >= 0.6 is 22.9 Å². The molecule has 19 nitrogen and oxygen atoms in total. The Morgan fingerprint density at radius 1 is 0.741 bits per heavy atom. The molecule has 7 heterocycles. The van der Waals surface area contributed by atoms with Crippen LogP contribution in [0.4, 0.5) is 0 Å². The summed E-state index contributed by atoms with van der Waals surface area (Å²) in [6.07, 6.45) is 9.88. The zero-order valence-electron chi connectivity index (χ0n) is 49.8. The molecule has 0 saturated heterocycles. The molecule has 0 spiro atoms. The van der Waals surface area contributed by atoms with E-state index in [0.717, 1.165) is 80.3 Å². The van der Waals surface area contributed by atoms with E-state index in [4.69, 9.17) is 59.2 Å². The third-order valence-electron chi connectivity index (χ3n) is 15.2. The van der Waals surface area contributed by atoms with Gasteiger partial charge in [-0.15, -0.1) is 21.5 Å². The number of methoxy groups -OCH3 is 1. The number of aromatic nitrogens is 7. The van der Waals surface area contributed by atoms with Crippen molar-refractivity contribution in [1.82, 2.24) is 33.9 Å². The van der Waals surface area contributed by atoms with Gasteiger partial charge in [0.15, 0.2) is 11.6 Å². The van der Waals surface area contributed by atoms with Crippen molar-refractivity contribution in [3.05, 3.63) is 139 Å². The second-order valence-electron chi connectivity index (χ2n) is 21.2. The number of Topliss-reactive ketones (excluding diaryl/α,β-unsaturated/α-hetero) is 2. The van der Waals surface area contributed by atoms with E-state index in [1.165, 1.54) is 9.44 Å². The topological polar surface area (TPSA) is 208 Å². The number of ketones is 2. The van der Waals surface area contributed by atoms with Gasteiger partial charge in [-0.1, -0.05) is 29.8 Å². The van der Waals surface area contributed by atoms with Crippen molar-refractivity contribution in [2.24, 2.45) is 4.99 Å². The Morgan fingerprint density at radius 3 is 1.99 bits per heavy atom. The number of carbonyl (C=O) groups is 2. The number of pyridine rings is 2. The van der Waals surface area contributed by atoms with Crippen LogP contribution in [0.15, 0.2) is 87.5 Å². The van der Waals surface area contributed by atoms with Crippen LogP contribution in [0.2, 0.25) is 5.02 Å². The molecule has 9 rings (SSSR count). The highest BCUT2D eigenvalue weighted by molar-refractivity contribution is 7.15. The molecule has 0 bridgehead atoms. The van der Waals surface area contributed by atoms with Crippen LogP contribution in [0.5, 0.6) is 5.75 Å². The maximum Gasteiger partial charge on any atom is 0.330 e. The van der Waals surface area contributed by atoms with E-state index < -0.39 is 12.1 Å². The number of aryl methyl sites for hydroxylation is 4. The van der Waals surface area contributed by atoms with E-state index in [-0.39, 0.29) is 36.6 Å². The number of aliphatic imine (C=N–C) groups is 1. The van der Waals surface area contributed by atoms with E-state index >= 15 is 0 Å². The highest BCUT2D eigenvalue weighted by Gasteiger charge is 2.33. The van der Waals surface area contributed by atoms with Gasteiger partial charge in [-0.3, -0.25) is 38.3 Å². The number of ether oxygens (including phenoxy) is 7. The Hall–Kier alpha value is -6.75. The molecule has 85 heavy (non-hydrogen) atoms. The molecule has 21 heteroatoms. The minimum absolute atomic E-state index is 0.0826. The quantitative estimate of drug-likeness (QED) is 0.0339. The maximum atomic E-state index is 14.4. The molecule has 0 radical (unpaired) electrons. The average molecular weight is 1200 g/mol. The van der Waals surface area contributed by atoms with Crippen molar-refractivity contribution in [3.63, 3.8) is 0 Å². The van der Waals surface area contributed by atoms with Crippen molar-refractivity contribution in [1.29, 1.82) is 0 Å². The molecule has 0 aliphatic carbocycles.